The third kappa shape index (κ3) is 4.85. The lowest BCUT2D eigenvalue weighted by Gasteiger charge is -2.04. The van der Waals surface area contributed by atoms with Crippen molar-refractivity contribution >= 4 is 30.0 Å². The number of carboxylic acid groups (broad SMARTS) is 1. The minimum absolute atomic E-state index is 0. The Hall–Kier alpha value is 0.01000. The molecule has 0 aliphatic heterocycles. The number of alkyl halides is 1. The first kappa shape index (κ1) is 12.7. The van der Waals surface area contributed by atoms with E-state index in [-0.39, 0.29) is 18.3 Å². The molecule has 0 radical (unpaired) electrons. The van der Waals surface area contributed by atoms with E-state index >= 15 is 0 Å². The number of halogens is 2. The van der Waals surface area contributed by atoms with Crippen LogP contribution >= 0.6 is 24.0 Å². The van der Waals surface area contributed by atoms with E-state index in [0.717, 1.165) is 0 Å². The monoisotopic (exact) mass is 187 g/mol. The van der Waals surface area contributed by atoms with Crippen LogP contribution in [-0.2, 0) is 4.79 Å². The normalized spacial score (nSPS) is 11.8. The Kier molecular flexibility index (Phi) is 9.02. The van der Waals surface area contributed by atoms with Gasteiger partial charge in [0.15, 0.2) is 0 Å². The second kappa shape index (κ2) is 7.12. The van der Waals surface area contributed by atoms with Crippen molar-refractivity contribution in [3.8, 4) is 0 Å². The van der Waals surface area contributed by atoms with Gasteiger partial charge in [-0.2, -0.15) is 0 Å². The third-order valence-corrected chi connectivity index (χ3v) is 1.42. The molecular weight excluding hydrogens is 177 g/mol. The number of nitrogens with two attached hydrogens (primary N) is 1. The predicted octanol–water partition coefficient (Wildman–Crippen LogP) is 0.697. The molecule has 3 N–H and O–H groups in total. The summed E-state index contributed by atoms with van der Waals surface area (Å²) in [5.74, 6) is -1.20. The molecule has 0 spiro atoms. The molecule has 0 aromatic heterocycles. The molecule has 0 fully saturated rings. The average Bonchev–Trinajstić information content (AvgIpc) is 1.82. The van der Waals surface area contributed by atoms with Gasteiger partial charge in [0.05, 0.1) is 5.92 Å². The molecular formula is C5H11Cl2NO2. The fourth-order valence-corrected chi connectivity index (χ4v) is 0.754. The van der Waals surface area contributed by atoms with Crippen LogP contribution in [0.15, 0.2) is 0 Å². The molecule has 5 heteroatoms. The molecule has 0 saturated carbocycles. The van der Waals surface area contributed by atoms with Crippen LogP contribution in [0, 0.1) is 5.92 Å². The summed E-state index contributed by atoms with van der Waals surface area (Å²) in [5, 5.41) is 8.36. The lowest BCUT2D eigenvalue weighted by atomic mass is 10.1. The van der Waals surface area contributed by atoms with E-state index in [9.17, 15) is 4.79 Å². The molecule has 10 heavy (non-hydrogen) atoms. The van der Waals surface area contributed by atoms with Gasteiger partial charge in [0.2, 0.25) is 0 Å². The molecule has 0 aromatic rings. The van der Waals surface area contributed by atoms with Crippen LogP contribution < -0.4 is 5.73 Å². The summed E-state index contributed by atoms with van der Waals surface area (Å²) in [6.45, 7) is 0.379. The summed E-state index contributed by atoms with van der Waals surface area (Å²) >= 11 is 5.30. The van der Waals surface area contributed by atoms with Crippen LogP contribution in [-0.4, -0.2) is 23.5 Å². The summed E-state index contributed by atoms with van der Waals surface area (Å²) in [5.41, 5.74) is 5.12. The van der Waals surface area contributed by atoms with Gasteiger partial charge in [0.25, 0.3) is 0 Å². The van der Waals surface area contributed by atoms with Crippen molar-refractivity contribution in [2.75, 3.05) is 12.4 Å². The van der Waals surface area contributed by atoms with Gasteiger partial charge in [0.1, 0.15) is 0 Å². The van der Waals surface area contributed by atoms with Crippen molar-refractivity contribution in [1.29, 1.82) is 0 Å². The van der Waals surface area contributed by atoms with Crippen molar-refractivity contribution in [1.82, 2.24) is 0 Å². The SMILES string of the molecule is Cl.NCCC(CCl)C(=O)O. The van der Waals surface area contributed by atoms with E-state index in [0.29, 0.717) is 13.0 Å². The quantitative estimate of drug-likeness (QED) is 0.638. The molecule has 0 saturated heterocycles. The summed E-state index contributed by atoms with van der Waals surface area (Å²) in [6, 6.07) is 0. The molecule has 3 nitrogen and oxygen atoms in total. The molecule has 0 amide bonds. The van der Waals surface area contributed by atoms with Gasteiger partial charge in [0, 0.05) is 5.88 Å². The van der Waals surface area contributed by atoms with E-state index in [2.05, 4.69) is 0 Å². The third-order valence-electron chi connectivity index (χ3n) is 1.05. The standard InChI is InChI=1S/C5H10ClNO2.ClH/c6-3-4(1-2-7)5(8)9;/h4H,1-3,7H2,(H,8,9);1H. The lowest BCUT2D eigenvalue weighted by molar-refractivity contribution is -0.141. The maximum atomic E-state index is 10.2. The van der Waals surface area contributed by atoms with Crippen LogP contribution in [0.5, 0.6) is 0 Å². The summed E-state index contributed by atoms with van der Waals surface area (Å²) in [6.07, 6.45) is 0.457. The largest absolute Gasteiger partial charge is 0.481 e. The van der Waals surface area contributed by atoms with Crippen LogP contribution in [0.2, 0.25) is 0 Å². The zero-order chi connectivity index (χ0) is 7.28. The summed E-state index contributed by atoms with van der Waals surface area (Å²) < 4.78 is 0. The van der Waals surface area contributed by atoms with Crippen LogP contribution in [0.25, 0.3) is 0 Å². The topological polar surface area (TPSA) is 63.3 Å². The van der Waals surface area contributed by atoms with Crippen molar-refractivity contribution in [3.05, 3.63) is 0 Å². The van der Waals surface area contributed by atoms with Crippen LogP contribution in [0.3, 0.4) is 0 Å². The molecule has 0 aliphatic carbocycles. The fourth-order valence-electron chi connectivity index (χ4n) is 0.468. The molecule has 0 aromatic carbocycles. The number of carboxylic acids is 1. The number of hydrogen-bond donors (Lipinski definition) is 2. The number of rotatable bonds is 4. The predicted molar refractivity (Wildman–Crippen MR) is 42.8 cm³/mol. The summed E-state index contributed by atoms with van der Waals surface area (Å²) in [7, 11) is 0. The maximum absolute atomic E-state index is 10.2. The summed E-state index contributed by atoms with van der Waals surface area (Å²) in [4.78, 5) is 10.2. The van der Waals surface area contributed by atoms with E-state index in [1.807, 2.05) is 0 Å². The van der Waals surface area contributed by atoms with Crippen molar-refractivity contribution in [2.45, 2.75) is 6.42 Å². The highest BCUT2D eigenvalue weighted by molar-refractivity contribution is 6.19. The minimum Gasteiger partial charge on any atom is -0.481 e. The first-order valence-electron chi connectivity index (χ1n) is 2.71. The van der Waals surface area contributed by atoms with Gasteiger partial charge in [-0.3, -0.25) is 4.79 Å². The van der Waals surface area contributed by atoms with E-state index in [4.69, 9.17) is 22.4 Å². The van der Waals surface area contributed by atoms with Gasteiger partial charge < -0.3 is 10.8 Å². The first-order valence-corrected chi connectivity index (χ1v) is 3.24. The van der Waals surface area contributed by atoms with Crippen LogP contribution in [0.4, 0.5) is 0 Å². The molecule has 0 aliphatic rings. The highest BCUT2D eigenvalue weighted by atomic mass is 35.5. The number of hydrogen-bond acceptors (Lipinski definition) is 2. The minimum atomic E-state index is -0.865. The van der Waals surface area contributed by atoms with Crippen molar-refractivity contribution < 1.29 is 9.90 Å². The Morgan fingerprint density at radius 3 is 2.30 bits per heavy atom. The molecule has 1 atom stereocenters. The van der Waals surface area contributed by atoms with E-state index in [1.54, 1.807) is 0 Å². The lowest BCUT2D eigenvalue weighted by Crippen LogP contribution is -2.19. The smallest absolute Gasteiger partial charge is 0.307 e. The maximum Gasteiger partial charge on any atom is 0.307 e. The van der Waals surface area contributed by atoms with Gasteiger partial charge in [-0.1, -0.05) is 0 Å². The van der Waals surface area contributed by atoms with E-state index < -0.39 is 11.9 Å². The van der Waals surface area contributed by atoms with Crippen molar-refractivity contribution in [2.24, 2.45) is 11.7 Å². The Morgan fingerprint density at radius 1 is 1.70 bits per heavy atom. The second-order valence-corrected chi connectivity index (χ2v) is 2.08. The Morgan fingerprint density at radius 2 is 2.20 bits per heavy atom. The fraction of sp³-hybridized carbons (Fsp3) is 0.800. The second-order valence-electron chi connectivity index (χ2n) is 1.77. The molecule has 62 valence electrons. The van der Waals surface area contributed by atoms with Crippen LogP contribution in [0.1, 0.15) is 6.42 Å². The van der Waals surface area contributed by atoms with Gasteiger partial charge in [-0.25, -0.2) is 0 Å². The zero-order valence-corrected chi connectivity index (χ0v) is 6.99. The first-order chi connectivity index (χ1) is 4.22. The molecule has 1 unspecified atom stereocenters. The Balaban J connectivity index is 0. The molecule has 0 rings (SSSR count). The number of carbonyl (C=O) groups is 1. The molecule has 0 heterocycles. The van der Waals surface area contributed by atoms with Crippen molar-refractivity contribution in [3.63, 3.8) is 0 Å². The highest BCUT2D eigenvalue weighted by Crippen LogP contribution is 2.03. The van der Waals surface area contributed by atoms with Gasteiger partial charge >= 0.3 is 5.97 Å². The molecule has 0 bridgehead atoms. The number of aliphatic carboxylic acids is 1. The Bertz CT molecular complexity index is 99.6. The highest BCUT2D eigenvalue weighted by Gasteiger charge is 2.13. The van der Waals surface area contributed by atoms with Gasteiger partial charge in [-0.15, -0.1) is 24.0 Å². The van der Waals surface area contributed by atoms with E-state index in [1.165, 1.54) is 0 Å². The van der Waals surface area contributed by atoms with Gasteiger partial charge in [-0.05, 0) is 13.0 Å². The average molecular weight is 188 g/mol. The zero-order valence-electron chi connectivity index (χ0n) is 5.42. The Labute approximate surface area is 71.0 Å².